The van der Waals surface area contributed by atoms with Crippen molar-refractivity contribution in [3.05, 3.63) is 326 Å². The number of hydrogen-bond donors (Lipinski definition) is 0. The molecule has 0 atom stereocenters. The summed E-state index contributed by atoms with van der Waals surface area (Å²) in [5, 5.41) is 2.45. The summed E-state index contributed by atoms with van der Waals surface area (Å²) in [4.78, 5) is 2.43. The predicted octanol–water partition coefficient (Wildman–Crippen LogP) is 19.3. The van der Waals surface area contributed by atoms with Crippen LogP contribution < -0.4 is 4.90 Å². The van der Waals surface area contributed by atoms with Gasteiger partial charge in [0.05, 0.1) is 22.1 Å². The van der Waals surface area contributed by atoms with E-state index in [1.165, 1.54) is 60.8 Å². The zero-order chi connectivity index (χ0) is 49.7. The molecule has 0 fully saturated rings. The summed E-state index contributed by atoms with van der Waals surface area (Å²) < 4.78 is 2.50. The molecule has 2 heteroatoms. The van der Waals surface area contributed by atoms with E-state index < -0.39 is 5.41 Å². The number of aromatic nitrogens is 1. The van der Waals surface area contributed by atoms with Crippen LogP contribution in [0.5, 0.6) is 0 Å². The van der Waals surface area contributed by atoms with Crippen molar-refractivity contribution in [2.45, 2.75) is 5.41 Å². The van der Waals surface area contributed by atoms with Crippen LogP contribution in [0.1, 0.15) is 22.3 Å². The van der Waals surface area contributed by atoms with Crippen molar-refractivity contribution in [1.29, 1.82) is 0 Å². The third-order valence-electron chi connectivity index (χ3n) is 15.5. The molecule has 1 aromatic heterocycles. The number of fused-ring (bicyclic) bond motifs is 6. The van der Waals surface area contributed by atoms with Gasteiger partial charge in [0.15, 0.2) is 0 Å². The summed E-state index contributed by atoms with van der Waals surface area (Å²) in [6.07, 6.45) is 0. The molecule has 0 aliphatic heterocycles. The predicted molar refractivity (Wildman–Crippen MR) is 315 cm³/mol. The minimum Gasteiger partial charge on any atom is -0.310 e. The number of nitrogens with zero attached hydrogens (tertiary/aromatic N) is 2. The van der Waals surface area contributed by atoms with Crippen molar-refractivity contribution in [1.82, 2.24) is 4.57 Å². The maximum absolute atomic E-state index is 2.50. The van der Waals surface area contributed by atoms with Crippen LogP contribution in [0.3, 0.4) is 0 Å². The molecule has 0 N–H and O–H groups in total. The van der Waals surface area contributed by atoms with Gasteiger partial charge in [0.2, 0.25) is 0 Å². The Balaban J connectivity index is 0.957. The average Bonchev–Trinajstić information content (AvgIpc) is 3.99. The van der Waals surface area contributed by atoms with Gasteiger partial charge < -0.3 is 9.47 Å². The molecule has 0 spiro atoms. The highest BCUT2D eigenvalue weighted by Gasteiger charge is 2.46. The van der Waals surface area contributed by atoms with Crippen molar-refractivity contribution in [2.24, 2.45) is 0 Å². The van der Waals surface area contributed by atoms with Gasteiger partial charge in [-0.15, -0.1) is 0 Å². The Kier molecular flexibility index (Phi) is 10.8. The maximum Gasteiger partial charge on any atom is 0.0714 e. The van der Waals surface area contributed by atoms with Gasteiger partial charge in [-0.1, -0.05) is 243 Å². The first-order valence-electron chi connectivity index (χ1n) is 25.9. The van der Waals surface area contributed by atoms with Gasteiger partial charge in [-0.2, -0.15) is 0 Å². The Labute approximate surface area is 438 Å². The Bertz CT molecular complexity index is 4120. The topological polar surface area (TPSA) is 8.17 Å². The van der Waals surface area contributed by atoms with E-state index in [4.69, 9.17) is 0 Å². The summed E-state index contributed by atoms with van der Waals surface area (Å²) in [5.41, 5.74) is 23.1. The minimum atomic E-state index is -0.514. The number of anilines is 3. The fraction of sp³-hybridized carbons (Fsp3) is 0.0137. The highest BCUT2D eigenvalue weighted by Crippen LogP contribution is 2.57. The van der Waals surface area contributed by atoms with Crippen LogP contribution in [0.15, 0.2) is 303 Å². The lowest BCUT2D eigenvalue weighted by molar-refractivity contribution is 0.767. The normalized spacial score (nSPS) is 12.4. The first-order valence-corrected chi connectivity index (χ1v) is 25.9. The van der Waals surface area contributed by atoms with E-state index in [-0.39, 0.29) is 0 Å². The zero-order valence-corrected chi connectivity index (χ0v) is 41.3. The van der Waals surface area contributed by atoms with Crippen molar-refractivity contribution in [3.8, 4) is 61.3 Å². The molecule has 13 aromatic rings. The van der Waals surface area contributed by atoms with E-state index in [0.717, 1.165) is 61.6 Å². The second-order valence-electron chi connectivity index (χ2n) is 19.6. The molecule has 14 rings (SSSR count). The zero-order valence-electron chi connectivity index (χ0n) is 41.3. The van der Waals surface area contributed by atoms with Crippen molar-refractivity contribution >= 4 is 38.9 Å². The van der Waals surface area contributed by atoms with Crippen molar-refractivity contribution in [3.63, 3.8) is 0 Å². The Morgan fingerprint density at radius 2 is 0.773 bits per heavy atom. The lowest BCUT2D eigenvalue weighted by Gasteiger charge is -2.34. The molecule has 0 amide bonds. The van der Waals surface area contributed by atoms with Crippen molar-refractivity contribution < 1.29 is 0 Å². The van der Waals surface area contributed by atoms with E-state index in [0.29, 0.717) is 0 Å². The summed E-state index contributed by atoms with van der Waals surface area (Å²) in [5.74, 6) is 0. The van der Waals surface area contributed by atoms with Gasteiger partial charge >= 0.3 is 0 Å². The average molecular weight is 955 g/mol. The number of rotatable bonds is 10. The molecule has 1 heterocycles. The summed E-state index contributed by atoms with van der Waals surface area (Å²) in [6.45, 7) is 0. The van der Waals surface area contributed by atoms with E-state index in [9.17, 15) is 0 Å². The molecule has 2 nitrogen and oxygen atoms in total. The Hall–Kier alpha value is -9.76. The fourth-order valence-corrected chi connectivity index (χ4v) is 12.2. The van der Waals surface area contributed by atoms with Crippen LogP contribution in [-0.4, -0.2) is 4.57 Å². The van der Waals surface area contributed by atoms with E-state index in [2.05, 4.69) is 313 Å². The number of hydrogen-bond acceptors (Lipinski definition) is 1. The highest BCUT2D eigenvalue weighted by atomic mass is 15.1. The van der Waals surface area contributed by atoms with E-state index >= 15 is 0 Å². The van der Waals surface area contributed by atoms with Gasteiger partial charge in [-0.3, -0.25) is 0 Å². The third-order valence-corrected chi connectivity index (χ3v) is 15.5. The van der Waals surface area contributed by atoms with Crippen LogP contribution >= 0.6 is 0 Å². The summed E-state index contributed by atoms with van der Waals surface area (Å²) in [6, 6.07) is 111. The molecule has 0 bridgehead atoms. The lowest BCUT2D eigenvalue weighted by atomic mass is 9.67. The van der Waals surface area contributed by atoms with Crippen LogP contribution in [0.4, 0.5) is 17.1 Å². The van der Waals surface area contributed by atoms with Crippen LogP contribution in [0, 0.1) is 0 Å². The van der Waals surface area contributed by atoms with Crippen molar-refractivity contribution in [2.75, 3.05) is 4.90 Å². The largest absolute Gasteiger partial charge is 0.310 e. The quantitative estimate of drug-likeness (QED) is 0.133. The maximum atomic E-state index is 2.50. The molecule has 75 heavy (non-hydrogen) atoms. The molecule has 1 aliphatic carbocycles. The number of para-hydroxylation sites is 3. The molecule has 0 saturated carbocycles. The molecule has 1 aliphatic rings. The molecule has 0 radical (unpaired) electrons. The SMILES string of the molecule is c1ccc(-c2cc(-c3ccccc3)cc(N(c3ccccc3)c3ccccc3-c3ccccc3-c3ccc4c5ccccc5n(-c5ccc6c(c5)C(c5ccccc5)(c5ccccc5)c5ccccc5-6)c4c3)c2)cc1. The van der Waals surface area contributed by atoms with E-state index in [1.54, 1.807) is 0 Å². The standard InChI is InChI=1S/C73H50N2/c1-6-24-51(25-7-1)54-46-55(52-26-8-2-9-27-52)48-60(47-54)74(58-32-14-5-15-33-58)70-40-22-19-37-65(70)62-35-17-16-34-61(62)53-42-44-67-66-38-20-23-41-71(66)75(72(67)49-53)59-43-45-64-63-36-18-21-39-68(63)73(69(64)50-59,56-28-10-3-11-29-56)57-30-12-4-13-31-57/h1-50H. The van der Waals surface area contributed by atoms with Gasteiger partial charge in [0.1, 0.15) is 0 Å². The monoisotopic (exact) mass is 954 g/mol. The Morgan fingerprint density at radius 1 is 0.267 bits per heavy atom. The van der Waals surface area contributed by atoms with Crippen LogP contribution in [0.2, 0.25) is 0 Å². The molecule has 12 aromatic carbocycles. The Morgan fingerprint density at radius 3 is 1.44 bits per heavy atom. The lowest BCUT2D eigenvalue weighted by Crippen LogP contribution is -2.28. The third kappa shape index (κ3) is 7.33. The minimum absolute atomic E-state index is 0.514. The fourth-order valence-electron chi connectivity index (χ4n) is 12.2. The smallest absolute Gasteiger partial charge is 0.0714 e. The molecular weight excluding hydrogens is 905 g/mol. The van der Waals surface area contributed by atoms with Gasteiger partial charge in [-0.25, -0.2) is 0 Å². The summed E-state index contributed by atoms with van der Waals surface area (Å²) in [7, 11) is 0. The molecule has 352 valence electrons. The summed E-state index contributed by atoms with van der Waals surface area (Å²) >= 11 is 0. The van der Waals surface area contributed by atoms with Gasteiger partial charge in [0.25, 0.3) is 0 Å². The van der Waals surface area contributed by atoms with Gasteiger partial charge in [0, 0.05) is 33.4 Å². The second-order valence-corrected chi connectivity index (χ2v) is 19.6. The van der Waals surface area contributed by atoms with Crippen LogP contribution in [-0.2, 0) is 5.41 Å². The van der Waals surface area contributed by atoms with Crippen LogP contribution in [0.25, 0.3) is 83.1 Å². The molecule has 0 unspecified atom stereocenters. The molecule has 0 saturated heterocycles. The first-order chi connectivity index (χ1) is 37.2. The highest BCUT2D eigenvalue weighted by molar-refractivity contribution is 6.11. The van der Waals surface area contributed by atoms with Gasteiger partial charge in [-0.05, 0) is 133 Å². The second kappa shape index (κ2) is 18.4. The first kappa shape index (κ1) is 44.0. The van der Waals surface area contributed by atoms with E-state index in [1.807, 2.05) is 0 Å². The number of benzene rings is 12. The molecular formula is C73H50N2.